The van der Waals surface area contributed by atoms with Crippen LogP contribution in [0, 0.1) is 12.3 Å². The summed E-state index contributed by atoms with van der Waals surface area (Å²) in [6.45, 7) is 3.37. The Bertz CT molecular complexity index is 646. The summed E-state index contributed by atoms with van der Waals surface area (Å²) in [6.07, 6.45) is 4.10. The Morgan fingerprint density at radius 2 is 1.75 bits per heavy atom. The minimum Gasteiger partial charge on any atom is -0.491 e. The van der Waals surface area contributed by atoms with Crippen molar-refractivity contribution in [1.82, 2.24) is 4.98 Å². The zero-order chi connectivity index (χ0) is 14.9. The smallest absolute Gasteiger partial charge is 0.138 e. The first-order valence-electron chi connectivity index (χ1n) is 7.27. The summed E-state index contributed by atoms with van der Waals surface area (Å²) in [4.78, 5) is 4.44. The lowest BCUT2D eigenvalue weighted by Gasteiger charge is -2.15. The topological polar surface area (TPSA) is 74.2 Å². The van der Waals surface area contributed by atoms with Gasteiger partial charge in [0.15, 0.2) is 0 Å². The quantitative estimate of drug-likeness (QED) is 0.754. The van der Waals surface area contributed by atoms with Crippen LogP contribution in [0.2, 0.25) is 0 Å². The number of anilines is 1. The number of rotatable bonds is 5. The molecule has 0 atom stereocenters. The molecule has 0 radical (unpaired) electrons. The Hall–Kier alpha value is -1.20. The average Bonchev–Trinajstić information content (AvgIpc) is 3.28. The fraction of sp³-hybridized carbons (Fsp3) is 0.353. The van der Waals surface area contributed by atoms with Crippen LogP contribution in [0.1, 0.15) is 18.5 Å². The molecule has 0 aliphatic heterocycles. The number of nitrogen functional groups attached to an aromatic ring is 1. The molecule has 0 bridgehead atoms. The Kier molecular flexibility index (Phi) is 8.86. The molecule has 0 amide bonds. The molecular weight excluding hydrogens is 369 g/mol. The summed E-state index contributed by atoms with van der Waals surface area (Å²) in [5.41, 5.74) is 15.6. The van der Waals surface area contributed by atoms with Crippen molar-refractivity contribution in [3.8, 4) is 16.9 Å². The highest BCUT2D eigenvalue weighted by Crippen LogP contribution is 2.44. The normalized spacial score (nSPS) is 13.8. The van der Waals surface area contributed by atoms with Crippen LogP contribution < -0.4 is 16.2 Å². The number of nitrogens with two attached hydrogens (primary N) is 2. The van der Waals surface area contributed by atoms with Gasteiger partial charge in [-0.05, 0) is 43.5 Å². The van der Waals surface area contributed by atoms with E-state index in [1.165, 1.54) is 0 Å². The average molecular weight is 393 g/mol. The number of ether oxygens (including phenoxy) is 1. The number of nitrogens with zero attached hydrogens (tertiary/aromatic N) is 1. The van der Waals surface area contributed by atoms with Crippen molar-refractivity contribution in [2.45, 2.75) is 19.8 Å². The van der Waals surface area contributed by atoms with Gasteiger partial charge in [0.2, 0.25) is 0 Å². The van der Waals surface area contributed by atoms with Crippen molar-refractivity contribution in [1.29, 1.82) is 0 Å². The molecule has 1 saturated carbocycles. The van der Waals surface area contributed by atoms with Gasteiger partial charge < -0.3 is 16.2 Å². The van der Waals surface area contributed by atoms with Crippen LogP contribution in [0.3, 0.4) is 0 Å². The molecule has 3 rings (SSSR count). The van der Waals surface area contributed by atoms with Crippen LogP contribution in [0.25, 0.3) is 11.1 Å². The second-order valence-corrected chi connectivity index (χ2v) is 5.92. The van der Waals surface area contributed by atoms with E-state index in [9.17, 15) is 0 Å². The van der Waals surface area contributed by atoms with E-state index in [1.807, 2.05) is 37.3 Å². The Morgan fingerprint density at radius 1 is 1.12 bits per heavy atom. The number of benzene rings is 1. The molecule has 1 aromatic heterocycles. The zero-order valence-electron chi connectivity index (χ0n) is 13.5. The van der Waals surface area contributed by atoms with Gasteiger partial charge in [0.1, 0.15) is 5.75 Å². The van der Waals surface area contributed by atoms with E-state index < -0.39 is 0 Å². The van der Waals surface area contributed by atoms with Crippen LogP contribution in [-0.2, 0) is 0 Å². The van der Waals surface area contributed by atoms with E-state index in [-0.39, 0.29) is 42.6 Å². The number of aryl methyl sites for hydroxylation is 1. The molecule has 1 heterocycles. The van der Waals surface area contributed by atoms with E-state index in [2.05, 4.69) is 4.98 Å². The number of hydrogen-bond donors (Lipinski definition) is 2. The zero-order valence-corrected chi connectivity index (χ0v) is 16.0. The molecule has 0 saturated heterocycles. The van der Waals surface area contributed by atoms with Gasteiger partial charge in [0.05, 0.1) is 12.8 Å². The van der Waals surface area contributed by atoms with Gasteiger partial charge in [0, 0.05) is 28.9 Å². The van der Waals surface area contributed by atoms with Crippen LogP contribution in [0.4, 0.5) is 5.69 Å². The van der Waals surface area contributed by atoms with E-state index in [1.54, 1.807) is 6.20 Å². The van der Waals surface area contributed by atoms with Crippen LogP contribution >= 0.6 is 37.2 Å². The van der Waals surface area contributed by atoms with Crippen molar-refractivity contribution < 1.29 is 4.74 Å². The SMILES string of the molecule is Cc1ncc(OCC2(CN)CC2)cc1-c1ccc(N)cc1.Cl.Cl.Cl. The van der Waals surface area contributed by atoms with Gasteiger partial charge in [-0.2, -0.15) is 0 Å². The first kappa shape index (κ1) is 22.8. The molecule has 2 aromatic rings. The number of hydrogen-bond acceptors (Lipinski definition) is 4. The molecule has 0 unspecified atom stereocenters. The van der Waals surface area contributed by atoms with Crippen molar-refractivity contribution in [3.05, 3.63) is 42.2 Å². The molecule has 24 heavy (non-hydrogen) atoms. The van der Waals surface area contributed by atoms with Crippen molar-refractivity contribution in [2.75, 3.05) is 18.9 Å². The molecule has 0 spiro atoms. The standard InChI is InChI=1S/C17H21N3O.3ClH/c1-12-16(13-2-4-14(19)5-3-13)8-15(9-20-12)21-11-17(10-18)6-7-17;;;/h2-5,8-9H,6-7,10-11,18-19H2,1H3;3*1H. The Balaban J connectivity index is 0.00000176. The maximum Gasteiger partial charge on any atom is 0.138 e. The van der Waals surface area contributed by atoms with Gasteiger partial charge >= 0.3 is 0 Å². The lowest BCUT2D eigenvalue weighted by atomic mass is 10.0. The monoisotopic (exact) mass is 391 g/mol. The van der Waals surface area contributed by atoms with Gasteiger partial charge in [-0.3, -0.25) is 4.98 Å². The minimum absolute atomic E-state index is 0. The third-order valence-electron chi connectivity index (χ3n) is 4.22. The van der Waals surface area contributed by atoms with Gasteiger partial charge in [0.25, 0.3) is 0 Å². The molecule has 1 aliphatic rings. The van der Waals surface area contributed by atoms with E-state index in [0.29, 0.717) is 13.2 Å². The third kappa shape index (κ3) is 5.15. The van der Waals surface area contributed by atoms with Crippen LogP contribution in [-0.4, -0.2) is 18.1 Å². The summed E-state index contributed by atoms with van der Waals surface area (Å²) >= 11 is 0. The minimum atomic E-state index is 0. The second kappa shape index (κ2) is 9.33. The molecular formula is C17H24Cl3N3O. The van der Waals surface area contributed by atoms with E-state index >= 15 is 0 Å². The first-order chi connectivity index (χ1) is 10.1. The Morgan fingerprint density at radius 3 is 2.29 bits per heavy atom. The molecule has 7 heteroatoms. The molecule has 4 nitrogen and oxygen atoms in total. The fourth-order valence-electron chi connectivity index (χ4n) is 2.37. The van der Waals surface area contributed by atoms with Crippen LogP contribution in [0.15, 0.2) is 36.5 Å². The molecule has 4 N–H and O–H groups in total. The van der Waals surface area contributed by atoms with Crippen LogP contribution in [0.5, 0.6) is 5.75 Å². The van der Waals surface area contributed by atoms with E-state index in [0.717, 1.165) is 41.1 Å². The van der Waals surface area contributed by atoms with Gasteiger partial charge in [-0.1, -0.05) is 12.1 Å². The predicted octanol–water partition coefficient (Wildman–Crippen LogP) is 4.02. The maximum absolute atomic E-state index is 5.90. The third-order valence-corrected chi connectivity index (χ3v) is 4.22. The lowest BCUT2D eigenvalue weighted by molar-refractivity contribution is 0.238. The van der Waals surface area contributed by atoms with Crippen molar-refractivity contribution >= 4 is 42.9 Å². The van der Waals surface area contributed by atoms with Gasteiger partial charge in [-0.15, -0.1) is 37.2 Å². The summed E-state index contributed by atoms with van der Waals surface area (Å²) in [5, 5.41) is 0. The molecule has 1 aromatic carbocycles. The van der Waals surface area contributed by atoms with Crippen molar-refractivity contribution in [2.24, 2.45) is 11.1 Å². The highest BCUT2D eigenvalue weighted by Gasteiger charge is 2.42. The first-order valence-corrected chi connectivity index (χ1v) is 7.27. The second-order valence-electron chi connectivity index (χ2n) is 5.92. The fourth-order valence-corrected chi connectivity index (χ4v) is 2.37. The largest absolute Gasteiger partial charge is 0.491 e. The predicted molar refractivity (Wildman–Crippen MR) is 107 cm³/mol. The summed E-state index contributed by atoms with van der Waals surface area (Å²) in [7, 11) is 0. The number of aromatic nitrogens is 1. The molecule has 1 aliphatic carbocycles. The highest BCUT2D eigenvalue weighted by molar-refractivity contribution is 5.86. The summed E-state index contributed by atoms with van der Waals surface area (Å²) < 4.78 is 5.90. The highest BCUT2D eigenvalue weighted by atomic mass is 35.5. The molecule has 134 valence electrons. The lowest BCUT2D eigenvalue weighted by Crippen LogP contribution is -2.22. The van der Waals surface area contributed by atoms with Crippen molar-refractivity contribution in [3.63, 3.8) is 0 Å². The summed E-state index contributed by atoms with van der Waals surface area (Å²) in [5.74, 6) is 0.798. The van der Waals surface area contributed by atoms with E-state index in [4.69, 9.17) is 16.2 Å². The summed E-state index contributed by atoms with van der Waals surface area (Å²) in [6, 6.07) is 9.85. The number of pyridine rings is 1. The maximum atomic E-state index is 5.90. The number of halogens is 3. The molecule has 1 fully saturated rings. The Labute approximate surface area is 161 Å². The van der Waals surface area contributed by atoms with Gasteiger partial charge in [-0.25, -0.2) is 0 Å².